The van der Waals surface area contributed by atoms with Gasteiger partial charge < -0.3 is 9.73 Å². The molecule has 0 atom stereocenters. The standard InChI is InChI=1S/C25H23N3O4S2/c26-34(30,31)21-13-11-18(12-14-21)15-16-27-22(29)17-33-25-28-23(19-7-3-1-4-8-19)24(32-25)20-9-5-2-6-10-20/h1-14H,15-17H2,(H,27,29)(H2,26,30,31). The first-order chi connectivity index (χ1) is 16.4. The Hall–Kier alpha value is -3.40. The minimum atomic E-state index is -3.71. The maximum absolute atomic E-state index is 12.3. The molecule has 0 fully saturated rings. The lowest BCUT2D eigenvalue weighted by Crippen LogP contribution is -2.27. The third kappa shape index (κ3) is 6.13. The van der Waals surface area contributed by atoms with Crippen LogP contribution in [0.4, 0.5) is 0 Å². The van der Waals surface area contributed by atoms with E-state index >= 15 is 0 Å². The highest BCUT2D eigenvalue weighted by Gasteiger charge is 2.18. The van der Waals surface area contributed by atoms with Gasteiger partial charge in [0, 0.05) is 17.7 Å². The molecule has 34 heavy (non-hydrogen) atoms. The van der Waals surface area contributed by atoms with E-state index in [0.717, 1.165) is 22.4 Å². The van der Waals surface area contributed by atoms with E-state index in [9.17, 15) is 13.2 Å². The lowest BCUT2D eigenvalue weighted by Gasteiger charge is -2.05. The van der Waals surface area contributed by atoms with Crippen molar-refractivity contribution >= 4 is 27.7 Å². The molecule has 0 aliphatic rings. The van der Waals surface area contributed by atoms with Crippen molar-refractivity contribution in [1.29, 1.82) is 0 Å². The molecule has 0 saturated carbocycles. The van der Waals surface area contributed by atoms with Gasteiger partial charge in [-0.2, -0.15) is 0 Å². The van der Waals surface area contributed by atoms with Gasteiger partial charge in [0.15, 0.2) is 5.76 Å². The molecular formula is C25H23N3O4S2. The molecule has 7 nitrogen and oxygen atoms in total. The number of nitrogens with zero attached hydrogens (tertiary/aromatic N) is 1. The second-order valence-electron chi connectivity index (χ2n) is 7.47. The Morgan fingerprint density at radius 3 is 2.15 bits per heavy atom. The molecule has 3 N–H and O–H groups in total. The van der Waals surface area contributed by atoms with Crippen LogP contribution in [0.3, 0.4) is 0 Å². The number of thioether (sulfide) groups is 1. The van der Waals surface area contributed by atoms with Crippen LogP contribution in [-0.2, 0) is 21.2 Å². The summed E-state index contributed by atoms with van der Waals surface area (Å²) < 4.78 is 28.7. The summed E-state index contributed by atoms with van der Waals surface area (Å²) in [6.45, 7) is 0.421. The molecule has 9 heteroatoms. The molecule has 1 heterocycles. The Morgan fingerprint density at radius 2 is 1.53 bits per heavy atom. The zero-order valence-electron chi connectivity index (χ0n) is 18.2. The van der Waals surface area contributed by atoms with Crippen LogP contribution >= 0.6 is 11.8 Å². The number of sulfonamides is 1. The van der Waals surface area contributed by atoms with E-state index < -0.39 is 10.0 Å². The number of benzene rings is 3. The lowest BCUT2D eigenvalue weighted by molar-refractivity contribution is -0.118. The first kappa shape index (κ1) is 23.7. The van der Waals surface area contributed by atoms with Gasteiger partial charge in [-0.1, -0.05) is 84.6 Å². The van der Waals surface area contributed by atoms with Gasteiger partial charge >= 0.3 is 0 Å². The highest BCUT2D eigenvalue weighted by Crippen LogP contribution is 2.35. The maximum atomic E-state index is 12.3. The summed E-state index contributed by atoms with van der Waals surface area (Å²) in [5.74, 6) is 0.678. The smallest absolute Gasteiger partial charge is 0.257 e. The van der Waals surface area contributed by atoms with Crippen LogP contribution < -0.4 is 10.5 Å². The van der Waals surface area contributed by atoms with E-state index in [2.05, 4.69) is 10.3 Å². The van der Waals surface area contributed by atoms with E-state index in [1.807, 2.05) is 60.7 Å². The molecule has 174 valence electrons. The number of hydrogen-bond acceptors (Lipinski definition) is 6. The van der Waals surface area contributed by atoms with Crippen LogP contribution in [0.25, 0.3) is 22.6 Å². The molecule has 0 bridgehead atoms. The number of nitrogens with two attached hydrogens (primary N) is 1. The number of nitrogens with one attached hydrogen (secondary N) is 1. The lowest BCUT2D eigenvalue weighted by atomic mass is 10.1. The quantitative estimate of drug-likeness (QED) is 0.339. The van der Waals surface area contributed by atoms with Gasteiger partial charge in [0.25, 0.3) is 5.22 Å². The second-order valence-corrected chi connectivity index (χ2v) is 9.96. The molecule has 0 aliphatic heterocycles. The van der Waals surface area contributed by atoms with Crippen molar-refractivity contribution in [2.75, 3.05) is 12.3 Å². The SMILES string of the molecule is NS(=O)(=O)c1ccc(CCNC(=O)CSc2nc(-c3ccccc3)c(-c3ccccc3)o2)cc1. The molecule has 0 radical (unpaired) electrons. The molecule has 0 aliphatic carbocycles. The van der Waals surface area contributed by atoms with Crippen LogP contribution in [0.1, 0.15) is 5.56 Å². The number of primary sulfonamides is 1. The summed E-state index contributed by atoms with van der Waals surface area (Å²) in [5, 5.41) is 8.39. The molecular weight excluding hydrogens is 470 g/mol. The Bertz CT molecular complexity index is 1300. The zero-order valence-corrected chi connectivity index (χ0v) is 19.8. The fourth-order valence-electron chi connectivity index (χ4n) is 3.31. The average molecular weight is 494 g/mol. The van der Waals surface area contributed by atoms with E-state index in [1.54, 1.807) is 12.1 Å². The maximum Gasteiger partial charge on any atom is 0.257 e. The number of hydrogen-bond donors (Lipinski definition) is 2. The Balaban J connectivity index is 1.36. The summed E-state index contributed by atoms with van der Waals surface area (Å²) in [7, 11) is -3.71. The Labute approximate surface area is 202 Å². The second kappa shape index (κ2) is 10.7. The normalized spacial score (nSPS) is 11.3. The summed E-state index contributed by atoms with van der Waals surface area (Å²) in [4.78, 5) is 17.0. The van der Waals surface area contributed by atoms with E-state index in [4.69, 9.17) is 9.56 Å². The minimum Gasteiger partial charge on any atom is -0.431 e. The van der Waals surface area contributed by atoms with Gasteiger partial charge in [0.05, 0.1) is 10.6 Å². The summed E-state index contributed by atoms with van der Waals surface area (Å²) in [6, 6.07) is 25.8. The molecule has 4 aromatic rings. The summed E-state index contributed by atoms with van der Waals surface area (Å²) in [6.07, 6.45) is 0.566. The number of rotatable bonds is 9. The van der Waals surface area contributed by atoms with Crippen molar-refractivity contribution in [1.82, 2.24) is 10.3 Å². The van der Waals surface area contributed by atoms with Gasteiger partial charge in [-0.3, -0.25) is 4.79 Å². The topological polar surface area (TPSA) is 115 Å². The summed E-state index contributed by atoms with van der Waals surface area (Å²) >= 11 is 1.23. The third-order valence-electron chi connectivity index (χ3n) is 5.01. The van der Waals surface area contributed by atoms with Crippen LogP contribution in [-0.4, -0.2) is 31.6 Å². The zero-order chi connectivity index (χ0) is 24.0. The van der Waals surface area contributed by atoms with Gasteiger partial charge in [-0.25, -0.2) is 18.5 Å². The first-order valence-corrected chi connectivity index (χ1v) is 13.1. The van der Waals surface area contributed by atoms with E-state index in [-0.39, 0.29) is 16.6 Å². The highest BCUT2D eigenvalue weighted by atomic mass is 32.2. The molecule has 4 rings (SSSR count). The molecule has 0 unspecified atom stereocenters. The van der Waals surface area contributed by atoms with E-state index in [1.165, 1.54) is 23.9 Å². The van der Waals surface area contributed by atoms with Crippen LogP contribution in [0.5, 0.6) is 0 Å². The number of carbonyl (C=O) groups excluding carboxylic acids is 1. The van der Waals surface area contributed by atoms with E-state index in [0.29, 0.717) is 23.9 Å². The molecule has 0 spiro atoms. The fraction of sp³-hybridized carbons (Fsp3) is 0.120. The molecule has 0 saturated heterocycles. The molecule has 3 aromatic carbocycles. The fourth-order valence-corrected chi connectivity index (χ4v) is 4.48. The van der Waals surface area contributed by atoms with Gasteiger partial charge in [-0.15, -0.1) is 0 Å². The average Bonchev–Trinajstić information content (AvgIpc) is 3.28. The number of amides is 1. The minimum absolute atomic E-state index is 0.0624. The highest BCUT2D eigenvalue weighted by molar-refractivity contribution is 7.99. The van der Waals surface area contributed by atoms with Crippen LogP contribution in [0.15, 0.2) is 99.5 Å². The monoisotopic (exact) mass is 493 g/mol. The predicted octanol–water partition coefficient (Wildman–Crippen LogP) is 4.11. The Morgan fingerprint density at radius 1 is 0.912 bits per heavy atom. The van der Waals surface area contributed by atoms with Crippen molar-refractivity contribution in [2.45, 2.75) is 16.5 Å². The van der Waals surface area contributed by atoms with Crippen LogP contribution in [0, 0.1) is 0 Å². The number of oxazole rings is 1. The van der Waals surface area contributed by atoms with Crippen molar-refractivity contribution in [3.63, 3.8) is 0 Å². The number of carbonyl (C=O) groups is 1. The summed E-state index contributed by atoms with van der Waals surface area (Å²) in [5.41, 5.74) is 3.49. The third-order valence-corrected chi connectivity index (χ3v) is 6.76. The first-order valence-electron chi connectivity index (χ1n) is 10.5. The van der Waals surface area contributed by atoms with Crippen LogP contribution in [0.2, 0.25) is 0 Å². The van der Waals surface area contributed by atoms with Gasteiger partial charge in [-0.05, 0) is 24.1 Å². The predicted molar refractivity (Wildman–Crippen MR) is 133 cm³/mol. The molecule has 1 amide bonds. The Kier molecular flexibility index (Phi) is 7.46. The van der Waals surface area contributed by atoms with Crippen molar-refractivity contribution in [2.24, 2.45) is 5.14 Å². The van der Waals surface area contributed by atoms with Crippen molar-refractivity contribution < 1.29 is 17.6 Å². The largest absolute Gasteiger partial charge is 0.431 e. The van der Waals surface area contributed by atoms with Crippen molar-refractivity contribution in [3.05, 3.63) is 90.5 Å². The molecule has 1 aromatic heterocycles. The van der Waals surface area contributed by atoms with Gasteiger partial charge in [0.2, 0.25) is 15.9 Å². The van der Waals surface area contributed by atoms with Gasteiger partial charge in [0.1, 0.15) is 5.69 Å². The van der Waals surface area contributed by atoms with Crippen molar-refractivity contribution in [3.8, 4) is 22.6 Å². The number of aromatic nitrogens is 1.